The van der Waals surface area contributed by atoms with Gasteiger partial charge in [-0.2, -0.15) is 0 Å². The molecular formula is C13H13N5OS. The van der Waals surface area contributed by atoms with Crippen molar-refractivity contribution in [2.24, 2.45) is 0 Å². The Morgan fingerprint density at radius 2 is 2.20 bits per heavy atom. The number of nitrogens with one attached hydrogen (secondary N) is 1. The zero-order valence-electron chi connectivity index (χ0n) is 10.6. The smallest absolute Gasteiger partial charge is 0.181 e. The van der Waals surface area contributed by atoms with Crippen molar-refractivity contribution in [2.75, 3.05) is 18.1 Å². The molecule has 3 N–H and O–H groups in total. The molecule has 0 aliphatic rings. The van der Waals surface area contributed by atoms with Crippen LogP contribution in [0.2, 0.25) is 0 Å². The Bertz CT molecular complexity index is 715. The van der Waals surface area contributed by atoms with Crippen molar-refractivity contribution in [1.29, 1.82) is 0 Å². The van der Waals surface area contributed by atoms with Gasteiger partial charge < -0.3 is 15.5 Å². The molecule has 3 rings (SSSR count). The lowest BCUT2D eigenvalue weighted by atomic mass is 10.3. The van der Waals surface area contributed by atoms with Gasteiger partial charge in [0.2, 0.25) is 0 Å². The van der Waals surface area contributed by atoms with Crippen LogP contribution >= 0.6 is 11.8 Å². The number of hydrogen-bond acceptors (Lipinski definition) is 6. The molecule has 3 aromatic rings. The Morgan fingerprint density at radius 1 is 1.25 bits per heavy atom. The molecule has 0 aliphatic carbocycles. The van der Waals surface area contributed by atoms with Crippen molar-refractivity contribution in [3.8, 4) is 5.75 Å². The molecule has 7 heteroatoms. The number of rotatable bonds is 5. The van der Waals surface area contributed by atoms with E-state index in [0.29, 0.717) is 17.9 Å². The number of nitrogens with two attached hydrogens (primary N) is 1. The molecule has 6 nitrogen and oxygen atoms in total. The predicted octanol–water partition coefficient (Wildman–Crippen LogP) is 2.11. The van der Waals surface area contributed by atoms with Crippen LogP contribution in [0.25, 0.3) is 11.2 Å². The van der Waals surface area contributed by atoms with E-state index >= 15 is 0 Å². The third-order valence-corrected chi connectivity index (χ3v) is 3.59. The van der Waals surface area contributed by atoms with Gasteiger partial charge in [-0.25, -0.2) is 15.0 Å². The minimum atomic E-state index is 0.577. The number of benzene rings is 1. The summed E-state index contributed by atoms with van der Waals surface area (Å²) in [6.45, 7) is 0.577. The molecule has 0 spiro atoms. The van der Waals surface area contributed by atoms with E-state index in [1.807, 2.05) is 24.3 Å². The van der Waals surface area contributed by atoms with E-state index in [4.69, 9.17) is 10.5 Å². The lowest BCUT2D eigenvalue weighted by Crippen LogP contribution is -2.01. The van der Waals surface area contributed by atoms with Crippen molar-refractivity contribution in [2.45, 2.75) is 5.03 Å². The van der Waals surface area contributed by atoms with Gasteiger partial charge in [0.25, 0.3) is 0 Å². The van der Waals surface area contributed by atoms with Crippen LogP contribution in [0.5, 0.6) is 5.75 Å². The van der Waals surface area contributed by atoms with Crippen molar-refractivity contribution in [3.63, 3.8) is 0 Å². The van der Waals surface area contributed by atoms with Gasteiger partial charge >= 0.3 is 0 Å². The first kappa shape index (κ1) is 12.7. The molecular weight excluding hydrogens is 274 g/mol. The number of ether oxygens (including phenoxy) is 1. The largest absolute Gasteiger partial charge is 0.493 e. The zero-order chi connectivity index (χ0) is 13.8. The monoisotopic (exact) mass is 287 g/mol. The van der Waals surface area contributed by atoms with Gasteiger partial charge in [0.1, 0.15) is 22.6 Å². The van der Waals surface area contributed by atoms with Gasteiger partial charge in [0, 0.05) is 17.5 Å². The number of hydrogen-bond donors (Lipinski definition) is 2. The molecule has 0 bridgehead atoms. The first-order valence-corrected chi connectivity index (χ1v) is 7.07. The van der Waals surface area contributed by atoms with Gasteiger partial charge in [-0.15, -0.1) is 11.8 Å². The van der Waals surface area contributed by atoms with Crippen LogP contribution in [-0.4, -0.2) is 32.3 Å². The third kappa shape index (κ3) is 2.83. The van der Waals surface area contributed by atoms with Crippen LogP contribution in [0.15, 0.2) is 41.9 Å². The number of aromatic amines is 1. The maximum absolute atomic E-state index is 5.69. The highest BCUT2D eigenvalue weighted by Crippen LogP contribution is 2.22. The number of thioether (sulfide) groups is 1. The fraction of sp³-hybridized carbons (Fsp3) is 0.154. The van der Waals surface area contributed by atoms with Gasteiger partial charge in [0.15, 0.2) is 5.65 Å². The number of fused-ring (bicyclic) bond motifs is 1. The fourth-order valence-electron chi connectivity index (χ4n) is 1.75. The standard InChI is InChI=1S/C13H13N5OS/c14-9-2-1-3-10(6-9)19-4-5-20-13-11-12(16-7-15-11)17-8-18-13/h1-3,6-8H,4-5,14H2,(H,15,16,17,18). The van der Waals surface area contributed by atoms with E-state index in [1.54, 1.807) is 18.1 Å². The Kier molecular flexibility index (Phi) is 3.69. The summed E-state index contributed by atoms with van der Waals surface area (Å²) >= 11 is 1.60. The summed E-state index contributed by atoms with van der Waals surface area (Å²) in [5.41, 5.74) is 7.93. The van der Waals surface area contributed by atoms with Gasteiger partial charge in [-0.3, -0.25) is 0 Å². The number of imidazole rings is 1. The lowest BCUT2D eigenvalue weighted by Gasteiger charge is -2.06. The summed E-state index contributed by atoms with van der Waals surface area (Å²) in [5, 5.41) is 0.878. The van der Waals surface area contributed by atoms with Crippen molar-refractivity contribution >= 4 is 28.6 Å². The minimum Gasteiger partial charge on any atom is -0.493 e. The predicted molar refractivity (Wildman–Crippen MR) is 78.8 cm³/mol. The van der Waals surface area contributed by atoms with Crippen LogP contribution < -0.4 is 10.5 Å². The average Bonchev–Trinajstić information content (AvgIpc) is 2.93. The molecule has 0 unspecified atom stereocenters. The van der Waals surface area contributed by atoms with Crippen LogP contribution in [0.3, 0.4) is 0 Å². The Morgan fingerprint density at radius 3 is 3.10 bits per heavy atom. The molecule has 1 aromatic carbocycles. The maximum atomic E-state index is 5.69. The van der Waals surface area contributed by atoms with Crippen molar-refractivity contribution in [3.05, 3.63) is 36.9 Å². The van der Waals surface area contributed by atoms with E-state index in [-0.39, 0.29) is 0 Å². The van der Waals surface area contributed by atoms with Crippen LogP contribution in [0.4, 0.5) is 5.69 Å². The normalized spacial score (nSPS) is 10.8. The second kappa shape index (κ2) is 5.79. The Labute approximate surface area is 119 Å². The van der Waals surface area contributed by atoms with Gasteiger partial charge in [-0.1, -0.05) is 6.07 Å². The minimum absolute atomic E-state index is 0.577. The second-order valence-electron chi connectivity index (χ2n) is 4.05. The summed E-state index contributed by atoms with van der Waals surface area (Å²) in [6.07, 6.45) is 3.14. The average molecular weight is 287 g/mol. The van der Waals surface area contributed by atoms with E-state index in [0.717, 1.165) is 22.0 Å². The summed E-state index contributed by atoms with van der Waals surface area (Å²) in [6, 6.07) is 7.40. The number of H-pyrrole nitrogens is 1. The molecule has 2 heterocycles. The zero-order valence-corrected chi connectivity index (χ0v) is 11.4. The second-order valence-corrected chi connectivity index (χ2v) is 5.13. The molecule has 20 heavy (non-hydrogen) atoms. The van der Waals surface area contributed by atoms with E-state index < -0.39 is 0 Å². The van der Waals surface area contributed by atoms with Crippen LogP contribution in [-0.2, 0) is 0 Å². The van der Waals surface area contributed by atoms with Gasteiger partial charge in [0.05, 0.1) is 12.9 Å². The number of aromatic nitrogens is 4. The molecule has 0 fully saturated rings. The van der Waals surface area contributed by atoms with Gasteiger partial charge in [-0.05, 0) is 12.1 Å². The van der Waals surface area contributed by atoms with E-state index in [2.05, 4.69) is 19.9 Å². The number of nitrogens with zero attached hydrogens (tertiary/aromatic N) is 3. The van der Waals surface area contributed by atoms with Crippen LogP contribution in [0.1, 0.15) is 0 Å². The molecule has 0 amide bonds. The van der Waals surface area contributed by atoms with E-state index in [9.17, 15) is 0 Å². The number of anilines is 1. The molecule has 0 saturated carbocycles. The molecule has 2 aromatic heterocycles. The molecule has 0 atom stereocenters. The molecule has 0 saturated heterocycles. The summed E-state index contributed by atoms with van der Waals surface area (Å²) in [7, 11) is 0. The summed E-state index contributed by atoms with van der Waals surface area (Å²) in [4.78, 5) is 15.5. The quantitative estimate of drug-likeness (QED) is 0.323. The highest BCUT2D eigenvalue weighted by molar-refractivity contribution is 7.99. The van der Waals surface area contributed by atoms with Crippen molar-refractivity contribution in [1.82, 2.24) is 19.9 Å². The first-order valence-electron chi connectivity index (χ1n) is 6.08. The lowest BCUT2D eigenvalue weighted by molar-refractivity contribution is 0.344. The fourth-order valence-corrected chi connectivity index (χ4v) is 2.53. The Balaban J connectivity index is 1.56. The van der Waals surface area contributed by atoms with E-state index in [1.165, 1.54) is 6.33 Å². The molecule has 0 radical (unpaired) electrons. The first-order chi connectivity index (χ1) is 9.83. The third-order valence-electron chi connectivity index (χ3n) is 2.64. The maximum Gasteiger partial charge on any atom is 0.181 e. The molecule has 0 aliphatic heterocycles. The highest BCUT2D eigenvalue weighted by atomic mass is 32.2. The summed E-state index contributed by atoms with van der Waals surface area (Å²) in [5.74, 6) is 1.56. The highest BCUT2D eigenvalue weighted by Gasteiger charge is 2.06. The Hall–Kier alpha value is -2.28. The van der Waals surface area contributed by atoms with Crippen molar-refractivity contribution < 1.29 is 4.74 Å². The SMILES string of the molecule is Nc1cccc(OCCSc2ncnc3nc[nH]c23)c1. The summed E-state index contributed by atoms with van der Waals surface area (Å²) < 4.78 is 5.63. The number of nitrogen functional groups attached to an aromatic ring is 1. The topological polar surface area (TPSA) is 89.7 Å². The molecule has 102 valence electrons. The van der Waals surface area contributed by atoms with Crippen LogP contribution in [0, 0.1) is 0 Å².